The van der Waals surface area contributed by atoms with Gasteiger partial charge < -0.3 is 14.3 Å². The molecule has 1 N–H and O–H groups in total. The first-order valence-corrected chi connectivity index (χ1v) is 8.17. The van der Waals surface area contributed by atoms with E-state index in [-0.39, 0.29) is 16.6 Å². The minimum Gasteiger partial charge on any atom is -0.507 e. The van der Waals surface area contributed by atoms with E-state index in [1.807, 2.05) is 42.5 Å². The summed E-state index contributed by atoms with van der Waals surface area (Å²) in [4.78, 5) is 13.2. The number of aromatic hydroxyl groups is 1. The Morgan fingerprint density at radius 1 is 0.846 bits per heavy atom. The topological polar surface area (TPSA) is 59.7 Å². The molecule has 3 aromatic carbocycles. The van der Waals surface area contributed by atoms with Gasteiger partial charge in [-0.1, -0.05) is 48.5 Å². The molecule has 0 aliphatic heterocycles. The second kappa shape index (κ2) is 6.41. The van der Waals surface area contributed by atoms with E-state index in [0.717, 1.165) is 5.56 Å². The number of rotatable bonds is 3. The second-order valence-corrected chi connectivity index (χ2v) is 5.88. The zero-order valence-corrected chi connectivity index (χ0v) is 14.1. The average molecular weight is 344 g/mol. The third-order valence-electron chi connectivity index (χ3n) is 4.31. The maximum atomic E-state index is 13.2. The summed E-state index contributed by atoms with van der Waals surface area (Å²) in [5.74, 6) is 1.08. The molecule has 0 aliphatic carbocycles. The van der Waals surface area contributed by atoms with E-state index in [9.17, 15) is 9.90 Å². The minimum atomic E-state index is -0.270. The van der Waals surface area contributed by atoms with Crippen LogP contribution >= 0.6 is 0 Å². The molecule has 26 heavy (non-hydrogen) atoms. The van der Waals surface area contributed by atoms with Gasteiger partial charge in [-0.05, 0) is 29.8 Å². The Labute approximate surface area is 149 Å². The van der Waals surface area contributed by atoms with Crippen molar-refractivity contribution >= 4 is 11.0 Å². The summed E-state index contributed by atoms with van der Waals surface area (Å²) in [6, 6.07) is 21.5. The van der Waals surface area contributed by atoms with Crippen molar-refractivity contribution in [1.82, 2.24) is 0 Å². The van der Waals surface area contributed by atoms with Gasteiger partial charge >= 0.3 is 0 Å². The van der Waals surface area contributed by atoms with Crippen LogP contribution in [-0.2, 0) is 0 Å². The molecule has 0 saturated heterocycles. The van der Waals surface area contributed by atoms with Crippen LogP contribution in [0.15, 0.2) is 82.0 Å². The van der Waals surface area contributed by atoms with Crippen molar-refractivity contribution < 1.29 is 14.3 Å². The van der Waals surface area contributed by atoms with Crippen molar-refractivity contribution in [3.05, 3.63) is 83.0 Å². The molecule has 0 spiro atoms. The van der Waals surface area contributed by atoms with Gasteiger partial charge in [-0.2, -0.15) is 0 Å². The van der Waals surface area contributed by atoms with Crippen molar-refractivity contribution in [2.75, 3.05) is 7.11 Å². The zero-order valence-electron chi connectivity index (χ0n) is 14.1. The van der Waals surface area contributed by atoms with Crippen LogP contribution in [0.5, 0.6) is 11.5 Å². The van der Waals surface area contributed by atoms with Crippen molar-refractivity contribution in [3.8, 4) is 33.9 Å². The molecule has 0 aliphatic rings. The predicted octanol–water partition coefficient (Wildman–Crippen LogP) is 4.84. The predicted molar refractivity (Wildman–Crippen MR) is 102 cm³/mol. The Hall–Kier alpha value is -3.53. The van der Waals surface area contributed by atoms with Gasteiger partial charge in [0.1, 0.15) is 28.2 Å². The lowest BCUT2D eigenvalue weighted by Gasteiger charge is -2.11. The third-order valence-corrected chi connectivity index (χ3v) is 4.31. The van der Waals surface area contributed by atoms with Gasteiger partial charge in [-0.3, -0.25) is 4.79 Å². The van der Waals surface area contributed by atoms with Crippen LogP contribution in [0, 0.1) is 0 Å². The molecule has 4 rings (SSSR count). The van der Waals surface area contributed by atoms with Gasteiger partial charge in [-0.25, -0.2) is 0 Å². The fourth-order valence-corrected chi connectivity index (χ4v) is 3.03. The molecule has 1 heterocycles. The molecule has 0 radical (unpaired) electrons. The Morgan fingerprint density at radius 2 is 1.58 bits per heavy atom. The molecule has 128 valence electrons. The van der Waals surface area contributed by atoms with E-state index in [1.54, 1.807) is 31.4 Å². The summed E-state index contributed by atoms with van der Waals surface area (Å²) in [5, 5.41) is 10.4. The highest BCUT2D eigenvalue weighted by Crippen LogP contribution is 2.35. The van der Waals surface area contributed by atoms with E-state index in [4.69, 9.17) is 9.15 Å². The van der Waals surface area contributed by atoms with Crippen molar-refractivity contribution in [1.29, 1.82) is 0 Å². The smallest absolute Gasteiger partial charge is 0.204 e. The summed E-state index contributed by atoms with van der Waals surface area (Å²) in [7, 11) is 1.59. The third kappa shape index (κ3) is 2.62. The maximum Gasteiger partial charge on any atom is 0.204 e. The number of methoxy groups -OCH3 is 1. The highest BCUT2D eigenvalue weighted by molar-refractivity contribution is 5.92. The van der Waals surface area contributed by atoms with Gasteiger partial charge in [-0.15, -0.1) is 0 Å². The molecule has 0 fully saturated rings. The fraction of sp³-hybridized carbons (Fsp3) is 0.0455. The summed E-state index contributed by atoms with van der Waals surface area (Å²) in [5.41, 5.74) is 1.98. The highest BCUT2D eigenvalue weighted by atomic mass is 16.5. The first kappa shape index (κ1) is 16.0. The van der Waals surface area contributed by atoms with Gasteiger partial charge in [0, 0.05) is 5.56 Å². The lowest BCUT2D eigenvalue weighted by molar-refractivity contribution is 0.415. The SMILES string of the molecule is COc1ccc(-c2c(-c3ccccc3)oc3cccc(O)c3c2=O)cc1. The van der Waals surface area contributed by atoms with Gasteiger partial charge in [0.15, 0.2) is 0 Å². The molecule has 4 heteroatoms. The second-order valence-electron chi connectivity index (χ2n) is 5.88. The number of hydrogen-bond donors (Lipinski definition) is 1. The lowest BCUT2D eigenvalue weighted by Crippen LogP contribution is -2.07. The molecule has 0 saturated carbocycles. The zero-order chi connectivity index (χ0) is 18.1. The highest BCUT2D eigenvalue weighted by Gasteiger charge is 2.19. The van der Waals surface area contributed by atoms with E-state index in [0.29, 0.717) is 28.2 Å². The van der Waals surface area contributed by atoms with E-state index >= 15 is 0 Å². The summed E-state index contributed by atoms with van der Waals surface area (Å²) < 4.78 is 11.3. The maximum absolute atomic E-state index is 13.2. The number of fused-ring (bicyclic) bond motifs is 1. The number of ether oxygens (including phenoxy) is 1. The molecule has 4 aromatic rings. The molecule has 4 nitrogen and oxygen atoms in total. The van der Waals surface area contributed by atoms with Crippen LogP contribution in [0.2, 0.25) is 0 Å². The number of hydrogen-bond acceptors (Lipinski definition) is 4. The van der Waals surface area contributed by atoms with Crippen molar-refractivity contribution in [2.24, 2.45) is 0 Å². The molecule has 0 bridgehead atoms. The van der Waals surface area contributed by atoms with Crippen LogP contribution in [0.4, 0.5) is 0 Å². The molecule has 0 atom stereocenters. The number of phenolic OH excluding ortho intramolecular Hbond substituents is 1. The average Bonchev–Trinajstić information content (AvgIpc) is 2.68. The van der Waals surface area contributed by atoms with Crippen LogP contribution < -0.4 is 10.2 Å². The van der Waals surface area contributed by atoms with Gasteiger partial charge in [0.05, 0.1) is 12.7 Å². The molecule has 0 unspecified atom stereocenters. The van der Waals surface area contributed by atoms with Gasteiger partial charge in [0.2, 0.25) is 5.43 Å². The van der Waals surface area contributed by atoms with E-state index in [2.05, 4.69) is 0 Å². The molecule has 1 aromatic heterocycles. The van der Waals surface area contributed by atoms with Crippen LogP contribution in [0.25, 0.3) is 33.4 Å². The largest absolute Gasteiger partial charge is 0.507 e. The van der Waals surface area contributed by atoms with Crippen LogP contribution in [-0.4, -0.2) is 12.2 Å². The fourth-order valence-electron chi connectivity index (χ4n) is 3.03. The molecular formula is C22H16O4. The first-order chi connectivity index (χ1) is 12.7. The normalized spacial score (nSPS) is 10.8. The standard InChI is InChI=1S/C22H16O4/c1-25-16-12-10-14(11-13-16)19-21(24)20-17(23)8-5-9-18(20)26-22(19)15-6-3-2-4-7-15/h2-13,23H,1H3. The Balaban J connectivity index is 2.09. The molecular weight excluding hydrogens is 328 g/mol. The van der Waals surface area contributed by atoms with Crippen molar-refractivity contribution in [3.63, 3.8) is 0 Å². The number of phenols is 1. The quantitative estimate of drug-likeness (QED) is 0.578. The Morgan fingerprint density at radius 3 is 2.27 bits per heavy atom. The summed E-state index contributed by atoms with van der Waals surface area (Å²) in [6.07, 6.45) is 0. The lowest BCUT2D eigenvalue weighted by atomic mass is 9.98. The van der Waals surface area contributed by atoms with Crippen molar-refractivity contribution in [2.45, 2.75) is 0 Å². The van der Waals surface area contributed by atoms with Gasteiger partial charge in [0.25, 0.3) is 0 Å². The first-order valence-electron chi connectivity index (χ1n) is 8.17. The summed E-state index contributed by atoms with van der Waals surface area (Å²) in [6.45, 7) is 0. The monoisotopic (exact) mass is 344 g/mol. The van der Waals surface area contributed by atoms with Crippen LogP contribution in [0.1, 0.15) is 0 Å². The van der Waals surface area contributed by atoms with E-state index < -0.39 is 0 Å². The van der Waals surface area contributed by atoms with Crippen LogP contribution in [0.3, 0.4) is 0 Å². The van der Waals surface area contributed by atoms with E-state index in [1.165, 1.54) is 6.07 Å². The minimum absolute atomic E-state index is 0.0920. The Kier molecular flexibility index (Phi) is 3.93. The Bertz CT molecular complexity index is 1130. The number of benzene rings is 3. The summed E-state index contributed by atoms with van der Waals surface area (Å²) >= 11 is 0. The molecule has 0 amide bonds.